The van der Waals surface area contributed by atoms with Gasteiger partial charge in [0.2, 0.25) is 0 Å². The van der Waals surface area contributed by atoms with Gasteiger partial charge < -0.3 is 5.32 Å². The van der Waals surface area contributed by atoms with E-state index in [1.165, 1.54) is 31.2 Å². The van der Waals surface area contributed by atoms with Crippen molar-refractivity contribution in [3.63, 3.8) is 0 Å². The second-order valence-electron chi connectivity index (χ2n) is 7.16. The number of benzene rings is 2. The monoisotopic (exact) mass is 405 g/mol. The predicted octanol–water partition coefficient (Wildman–Crippen LogP) is 2.77. The fourth-order valence-electron chi connectivity index (χ4n) is 2.82. The van der Waals surface area contributed by atoms with Crippen LogP contribution in [-0.4, -0.2) is 30.8 Å². The molecule has 1 fully saturated rings. The number of hydrogen-bond acceptors (Lipinski definition) is 4. The Hall–Kier alpha value is -2.94. The van der Waals surface area contributed by atoms with E-state index in [9.17, 15) is 22.4 Å². The Kier molecular flexibility index (Phi) is 4.88. The van der Waals surface area contributed by atoms with Crippen molar-refractivity contribution in [2.75, 3.05) is 4.72 Å². The van der Waals surface area contributed by atoms with E-state index in [1.807, 2.05) is 0 Å². The maximum absolute atomic E-state index is 13.4. The molecule has 0 aliphatic carbocycles. The van der Waals surface area contributed by atoms with Gasteiger partial charge in [0.1, 0.15) is 11.4 Å². The highest BCUT2D eigenvalue weighted by Crippen LogP contribution is 2.22. The standard InChI is InChI=1S/C19H20FN3O4S/c1-12-10-15(8-9-16(12)20)28(26,27)22-14-6-4-13(5-7-14)11-23-17(24)19(2,3)21-18(23)25/h4-10,22H,11H2,1-3H3,(H,21,25). The van der Waals surface area contributed by atoms with Gasteiger partial charge >= 0.3 is 6.03 Å². The molecular formula is C19H20FN3O4S. The van der Waals surface area contributed by atoms with Crippen LogP contribution in [0.3, 0.4) is 0 Å². The summed E-state index contributed by atoms with van der Waals surface area (Å²) in [5, 5.41) is 2.60. The maximum atomic E-state index is 13.4. The lowest BCUT2D eigenvalue weighted by Crippen LogP contribution is -2.40. The van der Waals surface area contributed by atoms with E-state index in [4.69, 9.17) is 0 Å². The van der Waals surface area contributed by atoms with Gasteiger partial charge in [-0.15, -0.1) is 0 Å². The summed E-state index contributed by atoms with van der Waals surface area (Å²) in [6, 6.07) is 9.40. The van der Waals surface area contributed by atoms with E-state index in [1.54, 1.807) is 26.0 Å². The predicted molar refractivity (Wildman–Crippen MR) is 102 cm³/mol. The molecule has 2 N–H and O–H groups in total. The molecule has 1 aliphatic rings. The first-order valence-corrected chi connectivity index (χ1v) is 10.00. The minimum atomic E-state index is -3.87. The number of hydrogen-bond donors (Lipinski definition) is 2. The van der Waals surface area contributed by atoms with Crippen LogP contribution in [0, 0.1) is 12.7 Å². The van der Waals surface area contributed by atoms with Crippen LogP contribution in [0.5, 0.6) is 0 Å². The van der Waals surface area contributed by atoms with Gasteiger partial charge in [-0.2, -0.15) is 0 Å². The molecule has 28 heavy (non-hydrogen) atoms. The van der Waals surface area contributed by atoms with Crippen molar-refractivity contribution >= 4 is 27.6 Å². The number of aryl methyl sites for hydroxylation is 1. The van der Waals surface area contributed by atoms with Crippen molar-refractivity contribution in [2.24, 2.45) is 0 Å². The molecule has 2 aromatic carbocycles. The molecular weight excluding hydrogens is 385 g/mol. The third-order valence-electron chi connectivity index (χ3n) is 4.43. The number of anilines is 1. The molecule has 0 bridgehead atoms. The lowest BCUT2D eigenvalue weighted by molar-refractivity contribution is -0.130. The number of carbonyl (C=O) groups excluding carboxylic acids is 2. The number of nitrogens with zero attached hydrogens (tertiary/aromatic N) is 1. The van der Waals surface area contributed by atoms with E-state index >= 15 is 0 Å². The molecule has 0 saturated carbocycles. The van der Waals surface area contributed by atoms with Crippen molar-refractivity contribution < 1.29 is 22.4 Å². The zero-order valence-corrected chi connectivity index (χ0v) is 16.4. The third-order valence-corrected chi connectivity index (χ3v) is 5.81. The highest BCUT2D eigenvalue weighted by molar-refractivity contribution is 7.92. The van der Waals surface area contributed by atoms with Gasteiger partial charge in [0.05, 0.1) is 11.4 Å². The van der Waals surface area contributed by atoms with Crippen molar-refractivity contribution in [1.29, 1.82) is 0 Å². The number of nitrogens with one attached hydrogen (secondary N) is 2. The second kappa shape index (κ2) is 6.90. The number of sulfonamides is 1. The van der Waals surface area contributed by atoms with E-state index in [0.29, 0.717) is 11.3 Å². The summed E-state index contributed by atoms with van der Waals surface area (Å²) in [6.45, 7) is 4.82. The van der Waals surface area contributed by atoms with Crippen LogP contribution in [0.1, 0.15) is 25.0 Å². The third kappa shape index (κ3) is 3.84. The first kappa shape index (κ1) is 19.8. The Balaban J connectivity index is 1.73. The second-order valence-corrected chi connectivity index (χ2v) is 8.84. The van der Waals surface area contributed by atoms with Gasteiger partial charge in [0, 0.05) is 5.69 Å². The molecule has 0 atom stereocenters. The molecule has 3 amide bonds. The van der Waals surface area contributed by atoms with E-state index in [2.05, 4.69) is 10.0 Å². The molecule has 0 radical (unpaired) electrons. The van der Waals surface area contributed by atoms with Crippen LogP contribution in [-0.2, 0) is 21.4 Å². The fourth-order valence-corrected chi connectivity index (χ4v) is 3.96. The van der Waals surface area contributed by atoms with Gasteiger partial charge in [-0.3, -0.25) is 14.4 Å². The van der Waals surface area contributed by atoms with Crippen LogP contribution in [0.25, 0.3) is 0 Å². The van der Waals surface area contributed by atoms with E-state index < -0.39 is 27.4 Å². The molecule has 148 valence electrons. The van der Waals surface area contributed by atoms with Crippen LogP contribution in [0.2, 0.25) is 0 Å². The summed E-state index contributed by atoms with van der Waals surface area (Å²) < 4.78 is 40.7. The largest absolute Gasteiger partial charge is 0.325 e. The van der Waals surface area contributed by atoms with Crippen molar-refractivity contribution in [3.8, 4) is 0 Å². The zero-order chi connectivity index (χ0) is 20.7. The average molecular weight is 405 g/mol. The summed E-state index contributed by atoms with van der Waals surface area (Å²) >= 11 is 0. The number of imide groups is 1. The number of carbonyl (C=O) groups is 2. The van der Waals surface area contributed by atoms with E-state index in [0.717, 1.165) is 11.0 Å². The van der Waals surface area contributed by atoms with Crippen LogP contribution in [0.4, 0.5) is 14.9 Å². The van der Waals surface area contributed by atoms with E-state index in [-0.39, 0.29) is 22.9 Å². The molecule has 2 aromatic rings. The SMILES string of the molecule is Cc1cc(S(=O)(=O)Nc2ccc(CN3C(=O)NC(C)(C)C3=O)cc2)ccc1F. The Bertz CT molecular complexity index is 1050. The minimum Gasteiger partial charge on any atom is -0.324 e. The Labute approximate surface area is 162 Å². The molecule has 3 rings (SSSR count). The Morgan fingerprint density at radius 3 is 2.29 bits per heavy atom. The highest BCUT2D eigenvalue weighted by Gasteiger charge is 2.44. The lowest BCUT2D eigenvalue weighted by Gasteiger charge is -2.16. The Morgan fingerprint density at radius 1 is 1.11 bits per heavy atom. The minimum absolute atomic E-state index is 0.0444. The van der Waals surface area contributed by atoms with Crippen molar-refractivity contribution in [2.45, 2.75) is 37.8 Å². The molecule has 1 saturated heterocycles. The van der Waals surface area contributed by atoms with Gasteiger partial charge in [-0.1, -0.05) is 12.1 Å². The molecule has 1 heterocycles. The number of halogens is 1. The van der Waals surface area contributed by atoms with Crippen molar-refractivity contribution in [3.05, 3.63) is 59.4 Å². The highest BCUT2D eigenvalue weighted by atomic mass is 32.2. The molecule has 7 nitrogen and oxygen atoms in total. The quantitative estimate of drug-likeness (QED) is 0.748. The smallest absolute Gasteiger partial charge is 0.324 e. The molecule has 0 aromatic heterocycles. The number of urea groups is 1. The molecule has 0 spiro atoms. The summed E-state index contributed by atoms with van der Waals surface area (Å²) in [6.07, 6.45) is 0. The van der Waals surface area contributed by atoms with Crippen LogP contribution < -0.4 is 10.0 Å². The van der Waals surface area contributed by atoms with Crippen LogP contribution >= 0.6 is 0 Å². The average Bonchev–Trinajstić information content (AvgIpc) is 2.80. The summed E-state index contributed by atoms with van der Waals surface area (Å²) in [5.41, 5.74) is 0.264. The molecule has 0 unspecified atom stereocenters. The molecule has 9 heteroatoms. The number of rotatable bonds is 5. The van der Waals surface area contributed by atoms with Gasteiger partial charge in [-0.05, 0) is 62.2 Å². The van der Waals surface area contributed by atoms with Crippen molar-refractivity contribution in [1.82, 2.24) is 10.2 Å². The summed E-state index contributed by atoms with van der Waals surface area (Å²) in [7, 11) is -3.87. The topological polar surface area (TPSA) is 95.6 Å². The molecule has 1 aliphatic heterocycles. The van der Waals surface area contributed by atoms with Crippen LogP contribution in [0.15, 0.2) is 47.4 Å². The Morgan fingerprint density at radius 2 is 1.75 bits per heavy atom. The van der Waals surface area contributed by atoms with Gasteiger partial charge in [0.15, 0.2) is 0 Å². The first-order valence-electron chi connectivity index (χ1n) is 8.52. The summed E-state index contributed by atoms with van der Waals surface area (Å²) in [4.78, 5) is 25.2. The fraction of sp³-hybridized carbons (Fsp3) is 0.263. The van der Waals surface area contributed by atoms with Gasteiger partial charge in [-0.25, -0.2) is 17.6 Å². The number of amides is 3. The zero-order valence-electron chi connectivity index (χ0n) is 15.6. The van der Waals surface area contributed by atoms with Gasteiger partial charge in [0.25, 0.3) is 15.9 Å². The summed E-state index contributed by atoms with van der Waals surface area (Å²) in [5.74, 6) is -0.805. The maximum Gasteiger partial charge on any atom is 0.325 e. The lowest BCUT2D eigenvalue weighted by atomic mass is 10.1. The normalized spacial score (nSPS) is 16.2. The first-order chi connectivity index (χ1) is 13.0.